The maximum atomic E-state index is 13.7. The predicted octanol–water partition coefficient (Wildman–Crippen LogP) is 3.01. The largest absolute Gasteiger partial charge is 0.381 e. The van der Waals surface area contributed by atoms with E-state index in [4.69, 9.17) is 4.74 Å². The lowest BCUT2D eigenvalue weighted by Crippen LogP contribution is -2.52. The number of hydrogen-bond acceptors (Lipinski definition) is 3. The summed E-state index contributed by atoms with van der Waals surface area (Å²) < 4.78 is 21.0. The van der Waals surface area contributed by atoms with Crippen molar-refractivity contribution in [3.05, 3.63) is 53.9 Å². The van der Waals surface area contributed by atoms with Crippen LogP contribution in [0.2, 0.25) is 0 Å². The van der Waals surface area contributed by atoms with Crippen LogP contribution in [-0.4, -0.2) is 46.7 Å². The van der Waals surface area contributed by atoms with Crippen LogP contribution in [0, 0.1) is 5.82 Å². The SMILES string of the molecule is Cn1ccnc1[C@@H]1CCCN(C(=O)C2(c3ccc(F)cc3)CCOCC2)C1. The predicted molar refractivity (Wildman–Crippen MR) is 99.9 cm³/mol. The molecule has 0 unspecified atom stereocenters. The monoisotopic (exact) mass is 371 g/mol. The van der Waals surface area contributed by atoms with E-state index in [1.165, 1.54) is 12.1 Å². The van der Waals surface area contributed by atoms with Gasteiger partial charge in [-0.2, -0.15) is 0 Å². The van der Waals surface area contributed by atoms with Gasteiger partial charge in [-0.15, -0.1) is 0 Å². The van der Waals surface area contributed by atoms with Crippen LogP contribution >= 0.6 is 0 Å². The molecule has 0 aliphatic carbocycles. The normalized spacial score (nSPS) is 22.6. The molecule has 144 valence electrons. The van der Waals surface area contributed by atoms with Gasteiger partial charge in [-0.1, -0.05) is 12.1 Å². The molecule has 27 heavy (non-hydrogen) atoms. The fraction of sp³-hybridized carbons (Fsp3) is 0.524. The minimum Gasteiger partial charge on any atom is -0.381 e. The molecule has 0 saturated carbocycles. The topological polar surface area (TPSA) is 47.4 Å². The second kappa shape index (κ2) is 7.43. The molecule has 3 heterocycles. The Morgan fingerprint density at radius 2 is 2.00 bits per heavy atom. The smallest absolute Gasteiger partial charge is 0.233 e. The molecule has 2 aliphatic rings. The Kier molecular flexibility index (Phi) is 5.00. The third-order valence-corrected chi connectivity index (χ3v) is 6.08. The van der Waals surface area contributed by atoms with Gasteiger partial charge in [0.2, 0.25) is 5.91 Å². The van der Waals surface area contributed by atoms with Crippen LogP contribution < -0.4 is 0 Å². The number of aromatic nitrogens is 2. The molecule has 0 radical (unpaired) electrons. The molecule has 1 amide bonds. The number of imidazole rings is 1. The van der Waals surface area contributed by atoms with E-state index in [2.05, 4.69) is 4.98 Å². The van der Waals surface area contributed by atoms with E-state index >= 15 is 0 Å². The van der Waals surface area contributed by atoms with E-state index in [-0.39, 0.29) is 17.6 Å². The Balaban J connectivity index is 1.61. The van der Waals surface area contributed by atoms with Gasteiger partial charge < -0.3 is 14.2 Å². The van der Waals surface area contributed by atoms with Gasteiger partial charge in [0.25, 0.3) is 0 Å². The molecule has 4 rings (SSSR count). The molecule has 1 aromatic heterocycles. The van der Waals surface area contributed by atoms with Crippen LogP contribution in [0.3, 0.4) is 0 Å². The van der Waals surface area contributed by atoms with Gasteiger partial charge in [-0.3, -0.25) is 4.79 Å². The molecule has 5 nitrogen and oxygen atoms in total. The maximum absolute atomic E-state index is 13.7. The van der Waals surface area contributed by atoms with Gasteiger partial charge in [-0.05, 0) is 43.4 Å². The lowest BCUT2D eigenvalue weighted by molar-refractivity contribution is -0.142. The van der Waals surface area contributed by atoms with Gasteiger partial charge in [0, 0.05) is 51.7 Å². The number of nitrogens with zero attached hydrogens (tertiary/aromatic N) is 3. The highest BCUT2D eigenvalue weighted by Crippen LogP contribution is 2.38. The molecule has 2 aromatic rings. The minimum absolute atomic E-state index is 0.149. The summed E-state index contributed by atoms with van der Waals surface area (Å²) in [6, 6.07) is 6.43. The number of amides is 1. The van der Waals surface area contributed by atoms with Crippen molar-refractivity contribution in [1.82, 2.24) is 14.5 Å². The number of carbonyl (C=O) groups excluding carboxylic acids is 1. The Morgan fingerprint density at radius 3 is 2.67 bits per heavy atom. The number of aryl methyl sites for hydroxylation is 1. The summed E-state index contributed by atoms with van der Waals surface area (Å²) in [5, 5.41) is 0. The number of benzene rings is 1. The minimum atomic E-state index is -0.616. The first kappa shape index (κ1) is 18.2. The second-order valence-electron chi connectivity index (χ2n) is 7.69. The quantitative estimate of drug-likeness (QED) is 0.833. The standard InChI is InChI=1S/C21H26FN3O2/c1-24-12-10-23-19(24)16-3-2-11-25(15-16)20(26)21(8-13-27-14-9-21)17-4-6-18(22)7-5-17/h4-7,10,12,16H,2-3,8-9,11,13-15H2,1H3/t16-/m1/s1. The lowest BCUT2D eigenvalue weighted by Gasteiger charge is -2.42. The number of carbonyl (C=O) groups is 1. The van der Waals surface area contributed by atoms with Gasteiger partial charge in [-0.25, -0.2) is 9.37 Å². The van der Waals surface area contributed by atoms with Crippen LogP contribution in [0.5, 0.6) is 0 Å². The summed E-state index contributed by atoms with van der Waals surface area (Å²) in [6.07, 6.45) is 7.06. The maximum Gasteiger partial charge on any atom is 0.233 e. The van der Waals surface area contributed by atoms with Crippen molar-refractivity contribution >= 4 is 5.91 Å². The average molecular weight is 371 g/mol. The molecule has 2 aliphatic heterocycles. The third kappa shape index (κ3) is 3.38. The van der Waals surface area contributed by atoms with E-state index in [0.29, 0.717) is 32.6 Å². The van der Waals surface area contributed by atoms with E-state index < -0.39 is 5.41 Å². The number of halogens is 1. The van der Waals surface area contributed by atoms with Crippen molar-refractivity contribution in [3.8, 4) is 0 Å². The highest BCUT2D eigenvalue weighted by atomic mass is 19.1. The molecule has 0 spiro atoms. The molecular formula is C21H26FN3O2. The van der Waals surface area contributed by atoms with Gasteiger partial charge >= 0.3 is 0 Å². The van der Waals surface area contributed by atoms with Crippen LogP contribution in [-0.2, 0) is 22.0 Å². The highest BCUT2D eigenvalue weighted by Gasteiger charge is 2.45. The van der Waals surface area contributed by atoms with Crippen LogP contribution in [0.1, 0.15) is 43.0 Å². The second-order valence-corrected chi connectivity index (χ2v) is 7.69. The van der Waals surface area contributed by atoms with Crippen LogP contribution in [0.4, 0.5) is 4.39 Å². The molecule has 2 fully saturated rings. The summed E-state index contributed by atoms with van der Waals surface area (Å²) in [5.41, 5.74) is 0.284. The Labute approximate surface area is 159 Å². The molecule has 2 saturated heterocycles. The van der Waals surface area contributed by atoms with Crippen LogP contribution in [0.15, 0.2) is 36.7 Å². The van der Waals surface area contributed by atoms with Crippen molar-refractivity contribution in [2.24, 2.45) is 7.05 Å². The fourth-order valence-electron chi connectivity index (χ4n) is 4.56. The molecule has 0 N–H and O–H groups in total. The number of likely N-dealkylation sites (tertiary alicyclic amines) is 1. The Bertz CT molecular complexity index is 796. The zero-order valence-corrected chi connectivity index (χ0v) is 15.7. The summed E-state index contributed by atoms with van der Waals surface area (Å²) in [6.45, 7) is 2.57. The summed E-state index contributed by atoms with van der Waals surface area (Å²) in [5.74, 6) is 1.17. The van der Waals surface area contributed by atoms with Crippen molar-refractivity contribution in [1.29, 1.82) is 0 Å². The summed E-state index contributed by atoms with van der Waals surface area (Å²) >= 11 is 0. The van der Waals surface area contributed by atoms with E-state index in [0.717, 1.165) is 30.8 Å². The fourth-order valence-corrected chi connectivity index (χ4v) is 4.56. The van der Waals surface area contributed by atoms with Crippen molar-refractivity contribution in [3.63, 3.8) is 0 Å². The van der Waals surface area contributed by atoms with E-state index in [9.17, 15) is 9.18 Å². The number of piperidine rings is 1. The zero-order valence-electron chi connectivity index (χ0n) is 15.7. The van der Waals surface area contributed by atoms with Crippen LogP contribution in [0.25, 0.3) is 0 Å². The molecule has 1 aromatic carbocycles. The van der Waals surface area contributed by atoms with Crippen molar-refractivity contribution < 1.29 is 13.9 Å². The summed E-state index contributed by atoms with van der Waals surface area (Å²) in [4.78, 5) is 20.2. The number of rotatable bonds is 3. The summed E-state index contributed by atoms with van der Waals surface area (Å²) in [7, 11) is 2.00. The highest BCUT2D eigenvalue weighted by molar-refractivity contribution is 5.88. The Morgan fingerprint density at radius 1 is 1.26 bits per heavy atom. The molecule has 0 bridgehead atoms. The Hall–Kier alpha value is -2.21. The van der Waals surface area contributed by atoms with Gasteiger partial charge in [0.1, 0.15) is 11.6 Å². The zero-order chi connectivity index (χ0) is 18.9. The molecule has 6 heteroatoms. The van der Waals surface area contributed by atoms with Gasteiger partial charge in [0.15, 0.2) is 0 Å². The number of ether oxygens (including phenoxy) is 1. The lowest BCUT2D eigenvalue weighted by atomic mass is 9.72. The van der Waals surface area contributed by atoms with Crippen molar-refractivity contribution in [2.45, 2.75) is 37.0 Å². The number of hydrogen-bond donors (Lipinski definition) is 0. The average Bonchev–Trinajstić information content (AvgIpc) is 3.14. The molecular weight excluding hydrogens is 345 g/mol. The van der Waals surface area contributed by atoms with E-state index in [1.807, 2.05) is 28.9 Å². The first-order valence-corrected chi connectivity index (χ1v) is 9.70. The first-order valence-electron chi connectivity index (χ1n) is 9.70. The van der Waals surface area contributed by atoms with Gasteiger partial charge in [0.05, 0.1) is 5.41 Å². The molecule has 1 atom stereocenters. The first-order chi connectivity index (χ1) is 13.1. The third-order valence-electron chi connectivity index (χ3n) is 6.08. The van der Waals surface area contributed by atoms with Crippen molar-refractivity contribution in [2.75, 3.05) is 26.3 Å². The van der Waals surface area contributed by atoms with E-state index in [1.54, 1.807) is 12.1 Å².